The number of aliphatic carboxylic acids is 1. The van der Waals surface area contributed by atoms with Crippen LogP contribution in [-0.2, 0) is 4.79 Å². The summed E-state index contributed by atoms with van der Waals surface area (Å²) in [6, 6.07) is 16.0. The van der Waals surface area contributed by atoms with Gasteiger partial charge in [0.1, 0.15) is 5.75 Å². The molecule has 5 nitrogen and oxygen atoms in total. The van der Waals surface area contributed by atoms with E-state index >= 15 is 0 Å². The molecular formula is C17H14N2O3. The molecule has 0 aliphatic heterocycles. The minimum absolute atomic E-state index is 0.491. The molecule has 22 heavy (non-hydrogen) atoms. The summed E-state index contributed by atoms with van der Waals surface area (Å²) in [6.07, 6.45) is 0.796. The fourth-order valence-electron chi connectivity index (χ4n) is 1.66. The molecule has 0 saturated carbocycles. The van der Waals surface area contributed by atoms with E-state index in [2.05, 4.69) is 11.1 Å². The van der Waals surface area contributed by atoms with E-state index in [1.165, 1.54) is 6.92 Å². The highest BCUT2D eigenvalue weighted by molar-refractivity contribution is 5.82. The van der Waals surface area contributed by atoms with Crippen molar-refractivity contribution in [3.8, 4) is 11.8 Å². The number of carboxylic acid groups (broad SMARTS) is 1. The Morgan fingerprint density at radius 3 is 2.41 bits per heavy atom. The minimum atomic E-state index is -1.01. The molecule has 0 aromatic heterocycles. The molecule has 2 rings (SSSR count). The smallest absolute Gasteiger partial charge is 0.344 e. The van der Waals surface area contributed by atoms with Crippen LogP contribution < -0.4 is 4.74 Å². The lowest BCUT2D eigenvalue weighted by molar-refractivity contribution is -0.144. The number of nitriles is 1. The molecular weight excluding hydrogens is 280 g/mol. The Labute approximate surface area is 128 Å². The van der Waals surface area contributed by atoms with Gasteiger partial charge in [-0.25, -0.2) is 4.79 Å². The van der Waals surface area contributed by atoms with E-state index in [4.69, 9.17) is 15.1 Å². The van der Waals surface area contributed by atoms with E-state index in [0.29, 0.717) is 11.3 Å². The summed E-state index contributed by atoms with van der Waals surface area (Å²) in [6.45, 7) is 1.47. The summed E-state index contributed by atoms with van der Waals surface area (Å²) in [7, 11) is 0. The Bertz CT molecular complexity index is 713. The second-order valence-electron chi connectivity index (χ2n) is 4.58. The van der Waals surface area contributed by atoms with Gasteiger partial charge in [-0.15, -0.1) is 0 Å². The zero-order chi connectivity index (χ0) is 15.9. The van der Waals surface area contributed by atoms with Gasteiger partial charge in [0.15, 0.2) is 6.10 Å². The second-order valence-corrected chi connectivity index (χ2v) is 4.58. The summed E-state index contributed by atoms with van der Waals surface area (Å²) in [5.74, 6) is -0.517. The molecule has 110 valence electrons. The Balaban J connectivity index is 2.02. The zero-order valence-electron chi connectivity index (χ0n) is 11.9. The number of ether oxygens (including phenoxy) is 1. The number of carboxylic acids is 1. The first-order chi connectivity index (χ1) is 10.6. The molecule has 0 unspecified atom stereocenters. The van der Waals surface area contributed by atoms with E-state index in [1.54, 1.807) is 54.7 Å². The van der Waals surface area contributed by atoms with Gasteiger partial charge in [-0.3, -0.25) is 4.99 Å². The van der Waals surface area contributed by atoms with Crippen LogP contribution in [-0.4, -0.2) is 23.4 Å². The topological polar surface area (TPSA) is 82.7 Å². The monoisotopic (exact) mass is 294 g/mol. The van der Waals surface area contributed by atoms with Gasteiger partial charge in [0.2, 0.25) is 0 Å². The maximum atomic E-state index is 10.7. The Morgan fingerprint density at radius 2 is 1.86 bits per heavy atom. The van der Waals surface area contributed by atoms with E-state index in [9.17, 15) is 4.79 Å². The maximum absolute atomic E-state index is 10.7. The lowest BCUT2D eigenvalue weighted by Gasteiger charge is -2.09. The van der Waals surface area contributed by atoms with Crippen LogP contribution in [0, 0.1) is 11.3 Å². The first-order valence-electron chi connectivity index (χ1n) is 6.62. The molecule has 0 aliphatic rings. The number of aliphatic imine (C=N–C) groups is 1. The van der Waals surface area contributed by atoms with Crippen LogP contribution in [0.1, 0.15) is 18.1 Å². The highest BCUT2D eigenvalue weighted by Crippen LogP contribution is 2.15. The zero-order valence-corrected chi connectivity index (χ0v) is 11.9. The van der Waals surface area contributed by atoms with Crippen molar-refractivity contribution in [2.24, 2.45) is 4.99 Å². The van der Waals surface area contributed by atoms with Crippen molar-refractivity contribution in [2.75, 3.05) is 0 Å². The van der Waals surface area contributed by atoms with E-state index in [1.807, 2.05) is 0 Å². The molecule has 1 N–H and O–H groups in total. The van der Waals surface area contributed by atoms with E-state index < -0.39 is 12.1 Å². The molecule has 0 fully saturated rings. The molecule has 0 bridgehead atoms. The van der Waals surface area contributed by atoms with Crippen molar-refractivity contribution in [3.63, 3.8) is 0 Å². The van der Waals surface area contributed by atoms with Gasteiger partial charge in [-0.05, 0) is 61.0 Å². The molecule has 0 saturated heterocycles. The number of hydrogen-bond acceptors (Lipinski definition) is 4. The van der Waals surface area contributed by atoms with Gasteiger partial charge in [0.05, 0.1) is 17.3 Å². The van der Waals surface area contributed by atoms with Crippen molar-refractivity contribution in [1.29, 1.82) is 5.26 Å². The maximum Gasteiger partial charge on any atom is 0.344 e. The molecule has 0 radical (unpaired) electrons. The van der Waals surface area contributed by atoms with Crippen molar-refractivity contribution < 1.29 is 14.6 Å². The fourth-order valence-corrected chi connectivity index (χ4v) is 1.66. The van der Waals surface area contributed by atoms with Crippen LogP contribution in [0.25, 0.3) is 0 Å². The summed E-state index contributed by atoms with van der Waals surface area (Å²) in [5, 5.41) is 17.5. The third-order valence-corrected chi connectivity index (χ3v) is 2.90. The Kier molecular flexibility index (Phi) is 4.89. The molecule has 0 aliphatic carbocycles. The van der Waals surface area contributed by atoms with Crippen molar-refractivity contribution in [3.05, 3.63) is 59.7 Å². The summed E-state index contributed by atoms with van der Waals surface area (Å²) >= 11 is 0. The Hall–Kier alpha value is -3.13. The standard InChI is InChI=1S/C17H14N2O3/c1-12(17(20)21)22-16-8-4-14(5-9-16)11-19-15-6-2-13(10-18)3-7-15/h2-9,11-12H,1H3,(H,20,21)/t12-/m1/s1. The summed E-state index contributed by atoms with van der Waals surface area (Å²) < 4.78 is 5.24. The predicted molar refractivity (Wildman–Crippen MR) is 82.6 cm³/mol. The van der Waals surface area contributed by atoms with Crippen molar-refractivity contribution in [2.45, 2.75) is 13.0 Å². The molecule has 1 atom stereocenters. The lowest BCUT2D eigenvalue weighted by atomic mass is 10.2. The normalized spacial score (nSPS) is 11.8. The van der Waals surface area contributed by atoms with Crippen molar-refractivity contribution >= 4 is 17.9 Å². The van der Waals surface area contributed by atoms with Crippen LogP contribution in [0.4, 0.5) is 5.69 Å². The molecule has 0 heterocycles. The van der Waals surface area contributed by atoms with Crippen molar-refractivity contribution in [1.82, 2.24) is 0 Å². The fraction of sp³-hybridized carbons (Fsp3) is 0.118. The van der Waals surface area contributed by atoms with Crippen LogP contribution in [0.3, 0.4) is 0 Å². The lowest BCUT2D eigenvalue weighted by Crippen LogP contribution is -2.22. The molecule has 0 spiro atoms. The van der Waals surface area contributed by atoms with Crippen LogP contribution in [0.2, 0.25) is 0 Å². The average molecular weight is 294 g/mol. The average Bonchev–Trinajstić information content (AvgIpc) is 2.54. The highest BCUT2D eigenvalue weighted by Gasteiger charge is 2.11. The SMILES string of the molecule is C[C@@H](Oc1ccc(C=Nc2ccc(C#N)cc2)cc1)C(=O)O. The number of benzene rings is 2. The molecule has 2 aromatic carbocycles. The van der Waals surface area contributed by atoms with Gasteiger partial charge in [-0.1, -0.05) is 0 Å². The molecule has 0 amide bonds. The van der Waals surface area contributed by atoms with Gasteiger partial charge >= 0.3 is 5.97 Å². The minimum Gasteiger partial charge on any atom is -0.479 e. The molecule has 5 heteroatoms. The Morgan fingerprint density at radius 1 is 1.23 bits per heavy atom. The summed E-state index contributed by atoms with van der Waals surface area (Å²) in [4.78, 5) is 15.0. The van der Waals surface area contributed by atoms with E-state index in [-0.39, 0.29) is 0 Å². The summed E-state index contributed by atoms with van der Waals surface area (Å²) in [5.41, 5.74) is 2.20. The number of hydrogen-bond donors (Lipinski definition) is 1. The number of nitrogens with zero attached hydrogens (tertiary/aromatic N) is 2. The first kappa shape index (κ1) is 15.3. The van der Waals surface area contributed by atoms with E-state index in [0.717, 1.165) is 11.3 Å². The van der Waals surface area contributed by atoms with Gasteiger partial charge < -0.3 is 9.84 Å². The van der Waals surface area contributed by atoms with Gasteiger partial charge in [-0.2, -0.15) is 5.26 Å². The third-order valence-electron chi connectivity index (χ3n) is 2.90. The van der Waals surface area contributed by atoms with Crippen LogP contribution in [0.15, 0.2) is 53.5 Å². The molecule has 2 aromatic rings. The first-order valence-corrected chi connectivity index (χ1v) is 6.62. The van der Waals surface area contributed by atoms with Gasteiger partial charge in [0, 0.05) is 6.21 Å². The largest absolute Gasteiger partial charge is 0.479 e. The second kappa shape index (κ2) is 7.04. The highest BCUT2D eigenvalue weighted by atomic mass is 16.5. The quantitative estimate of drug-likeness (QED) is 0.859. The third kappa shape index (κ3) is 4.18. The van der Waals surface area contributed by atoms with Crippen LogP contribution in [0.5, 0.6) is 5.75 Å². The number of carbonyl (C=O) groups is 1. The van der Waals surface area contributed by atoms with Gasteiger partial charge in [0.25, 0.3) is 0 Å². The predicted octanol–water partition coefficient (Wildman–Crippen LogP) is 3.16. The van der Waals surface area contributed by atoms with Crippen LogP contribution >= 0.6 is 0 Å². The number of rotatable bonds is 5.